The fourth-order valence-corrected chi connectivity index (χ4v) is 3.78. The van der Waals surface area contributed by atoms with Crippen LogP contribution in [0, 0.1) is 18.7 Å². The minimum atomic E-state index is -0.186. The standard InChI is InChI=1S/C24H31FO2S/c1-4-6-7-19(5-2)17-27-24(26)14-15-28-22-12-10-20(11-13-22)21-9-8-18(3)23(25)16-21/h8-13,16,19H,4-7,14-15,17H2,1-3H3. The number of esters is 1. The van der Waals surface area contributed by atoms with Crippen molar-refractivity contribution in [3.63, 3.8) is 0 Å². The fraction of sp³-hybridized carbons (Fsp3) is 0.458. The summed E-state index contributed by atoms with van der Waals surface area (Å²) in [5, 5.41) is 0. The van der Waals surface area contributed by atoms with Crippen molar-refractivity contribution in [3.8, 4) is 11.1 Å². The third-order valence-electron chi connectivity index (χ3n) is 4.96. The first-order valence-corrected chi connectivity index (χ1v) is 11.2. The zero-order valence-electron chi connectivity index (χ0n) is 17.2. The molecular weight excluding hydrogens is 371 g/mol. The molecule has 1 unspecified atom stereocenters. The molecular formula is C24H31FO2S. The summed E-state index contributed by atoms with van der Waals surface area (Å²) >= 11 is 1.64. The van der Waals surface area contributed by atoms with Crippen LogP contribution >= 0.6 is 11.8 Å². The predicted molar refractivity (Wildman–Crippen MR) is 116 cm³/mol. The number of halogens is 1. The summed E-state index contributed by atoms with van der Waals surface area (Å²) in [5.41, 5.74) is 2.51. The molecule has 0 aliphatic rings. The molecule has 0 fully saturated rings. The summed E-state index contributed by atoms with van der Waals surface area (Å²) in [6.07, 6.45) is 4.97. The molecule has 0 aliphatic carbocycles. The van der Waals surface area contributed by atoms with Crippen LogP contribution < -0.4 is 0 Å². The van der Waals surface area contributed by atoms with Crippen LogP contribution in [0.2, 0.25) is 0 Å². The number of hydrogen-bond donors (Lipinski definition) is 0. The van der Waals surface area contributed by atoms with Gasteiger partial charge in [0.1, 0.15) is 5.82 Å². The first kappa shape index (κ1) is 22.5. The van der Waals surface area contributed by atoms with Crippen LogP contribution in [0.1, 0.15) is 51.5 Å². The summed E-state index contributed by atoms with van der Waals surface area (Å²) in [7, 11) is 0. The zero-order chi connectivity index (χ0) is 20.4. The Bertz CT molecular complexity index is 743. The van der Waals surface area contributed by atoms with Gasteiger partial charge in [0.15, 0.2) is 0 Å². The van der Waals surface area contributed by atoms with E-state index >= 15 is 0 Å². The Morgan fingerprint density at radius 1 is 1.11 bits per heavy atom. The number of carbonyl (C=O) groups excluding carboxylic acids is 1. The van der Waals surface area contributed by atoms with Gasteiger partial charge in [0.05, 0.1) is 13.0 Å². The highest BCUT2D eigenvalue weighted by Gasteiger charge is 2.10. The number of ether oxygens (including phenoxy) is 1. The normalized spacial score (nSPS) is 12.0. The highest BCUT2D eigenvalue weighted by atomic mass is 32.2. The highest BCUT2D eigenvalue weighted by molar-refractivity contribution is 7.99. The molecule has 2 nitrogen and oxygen atoms in total. The van der Waals surface area contributed by atoms with Crippen molar-refractivity contribution >= 4 is 17.7 Å². The Kier molecular flexibility index (Phi) is 9.56. The number of hydrogen-bond acceptors (Lipinski definition) is 3. The summed E-state index contributed by atoms with van der Waals surface area (Å²) in [6, 6.07) is 13.3. The van der Waals surface area contributed by atoms with Crippen molar-refractivity contribution in [2.24, 2.45) is 5.92 Å². The van der Waals surface area contributed by atoms with E-state index in [-0.39, 0.29) is 11.8 Å². The van der Waals surface area contributed by atoms with Crippen LogP contribution in [0.25, 0.3) is 11.1 Å². The Morgan fingerprint density at radius 2 is 1.82 bits per heavy atom. The average Bonchev–Trinajstić information content (AvgIpc) is 2.71. The van der Waals surface area contributed by atoms with Crippen LogP contribution in [-0.2, 0) is 9.53 Å². The fourth-order valence-electron chi connectivity index (χ4n) is 2.95. The largest absolute Gasteiger partial charge is 0.465 e. The van der Waals surface area contributed by atoms with E-state index in [9.17, 15) is 9.18 Å². The van der Waals surface area contributed by atoms with Gasteiger partial charge in [-0.15, -0.1) is 11.8 Å². The number of aryl methyl sites for hydroxylation is 1. The summed E-state index contributed by atoms with van der Waals surface area (Å²) in [4.78, 5) is 13.1. The number of rotatable bonds is 11. The van der Waals surface area contributed by atoms with Gasteiger partial charge in [-0.3, -0.25) is 4.79 Å². The second-order valence-corrected chi connectivity index (χ2v) is 8.35. The zero-order valence-corrected chi connectivity index (χ0v) is 18.0. The molecule has 0 radical (unpaired) electrons. The summed E-state index contributed by atoms with van der Waals surface area (Å²) in [5.74, 6) is 0.877. The molecule has 1 atom stereocenters. The molecule has 0 saturated heterocycles. The third-order valence-corrected chi connectivity index (χ3v) is 5.97. The lowest BCUT2D eigenvalue weighted by molar-refractivity contribution is -0.144. The van der Waals surface area contributed by atoms with E-state index < -0.39 is 0 Å². The molecule has 2 aromatic rings. The maximum absolute atomic E-state index is 13.7. The molecule has 0 bridgehead atoms. The molecule has 152 valence electrons. The first-order chi connectivity index (χ1) is 13.5. The molecule has 0 aromatic heterocycles. The maximum Gasteiger partial charge on any atom is 0.306 e. The topological polar surface area (TPSA) is 26.3 Å². The van der Waals surface area contributed by atoms with Gasteiger partial charge < -0.3 is 4.74 Å². The SMILES string of the molecule is CCCCC(CC)COC(=O)CCSc1ccc(-c2ccc(C)c(F)c2)cc1. The Hall–Kier alpha value is -1.81. The van der Waals surface area contributed by atoms with E-state index in [1.54, 1.807) is 30.8 Å². The second-order valence-electron chi connectivity index (χ2n) is 7.19. The van der Waals surface area contributed by atoms with Crippen molar-refractivity contribution in [2.45, 2.75) is 57.8 Å². The lowest BCUT2D eigenvalue weighted by Crippen LogP contribution is -2.14. The van der Waals surface area contributed by atoms with Gasteiger partial charge in [0.2, 0.25) is 0 Å². The molecule has 28 heavy (non-hydrogen) atoms. The lowest BCUT2D eigenvalue weighted by Gasteiger charge is -2.14. The molecule has 2 aromatic carbocycles. The summed E-state index contributed by atoms with van der Waals surface area (Å²) < 4.78 is 19.2. The highest BCUT2D eigenvalue weighted by Crippen LogP contribution is 2.26. The van der Waals surface area contributed by atoms with Crippen molar-refractivity contribution < 1.29 is 13.9 Å². The quantitative estimate of drug-likeness (QED) is 0.298. The third kappa shape index (κ3) is 7.31. The van der Waals surface area contributed by atoms with Crippen LogP contribution in [-0.4, -0.2) is 18.3 Å². The Morgan fingerprint density at radius 3 is 2.46 bits per heavy atom. The van der Waals surface area contributed by atoms with Crippen LogP contribution in [0.4, 0.5) is 4.39 Å². The molecule has 0 saturated carbocycles. The predicted octanol–water partition coefficient (Wildman–Crippen LogP) is 7.04. The first-order valence-electron chi connectivity index (χ1n) is 10.2. The van der Waals surface area contributed by atoms with Crippen LogP contribution in [0.15, 0.2) is 47.4 Å². The summed E-state index contributed by atoms with van der Waals surface area (Å²) in [6.45, 7) is 6.64. The molecule has 0 spiro atoms. The molecule has 2 rings (SSSR count). The van der Waals surface area contributed by atoms with Crippen molar-refractivity contribution in [2.75, 3.05) is 12.4 Å². The van der Waals surface area contributed by atoms with Crippen LogP contribution in [0.3, 0.4) is 0 Å². The van der Waals surface area contributed by atoms with E-state index in [1.807, 2.05) is 30.3 Å². The Balaban J connectivity index is 1.75. The Labute approximate surface area is 172 Å². The minimum Gasteiger partial charge on any atom is -0.465 e. The van der Waals surface area contributed by atoms with E-state index in [1.165, 1.54) is 12.8 Å². The van der Waals surface area contributed by atoms with Crippen molar-refractivity contribution in [1.29, 1.82) is 0 Å². The molecule has 4 heteroatoms. The molecule has 0 N–H and O–H groups in total. The van der Waals surface area contributed by atoms with Crippen molar-refractivity contribution in [1.82, 2.24) is 0 Å². The number of benzene rings is 2. The molecule has 0 amide bonds. The van der Waals surface area contributed by atoms with E-state index in [0.29, 0.717) is 30.3 Å². The molecule has 0 aliphatic heterocycles. The van der Waals surface area contributed by atoms with E-state index in [4.69, 9.17) is 4.74 Å². The van der Waals surface area contributed by atoms with Gasteiger partial charge in [-0.2, -0.15) is 0 Å². The van der Waals surface area contributed by atoms with Gasteiger partial charge in [-0.05, 0) is 54.2 Å². The monoisotopic (exact) mass is 402 g/mol. The molecule has 0 heterocycles. The van der Waals surface area contributed by atoms with Crippen molar-refractivity contribution in [3.05, 3.63) is 53.8 Å². The van der Waals surface area contributed by atoms with Gasteiger partial charge >= 0.3 is 5.97 Å². The smallest absolute Gasteiger partial charge is 0.306 e. The average molecular weight is 403 g/mol. The number of carbonyl (C=O) groups is 1. The van der Waals surface area contributed by atoms with Gasteiger partial charge in [-0.1, -0.05) is 57.4 Å². The second kappa shape index (κ2) is 11.9. The minimum absolute atomic E-state index is 0.116. The van der Waals surface area contributed by atoms with E-state index in [2.05, 4.69) is 13.8 Å². The maximum atomic E-state index is 13.7. The number of thioether (sulfide) groups is 1. The van der Waals surface area contributed by atoms with Gasteiger partial charge in [0.25, 0.3) is 0 Å². The number of unbranched alkanes of at least 4 members (excludes halogenated alkanes) is 1. The van der Waals surface area contributed by atoms with Gasteiger partial charge in [-0.25, -0.2) is 4.39 Å². The lowest BCUT2D eigenvalue weighted by atomic mass is 10.0. The van der Waals surface area contributed by atoms with Crippen LogP contribution in [0.5, 0.6) is 0 Å². The van der Waals surface area contributed by atoms with E-state index in [0.717, 1.165) is 28.9 Å². The van der Waals surface area contributed by atoms with Gasteiger partial charge in [0, 0.05) is 10.6 Å².